The van der Waals surface area contributed by atoms with Crippen LogP contribution in [0, 0.1) is 11.3 Å². The average molecular weight is 341 g/mol. The second-order valence-corrected chi connectivity index (χ2v) is 5.79. The molecule has 24 heavy (non-hydrogen) atoms. The zero-order chi connectivity index (χ0) is 17.5. The molecule has 1 amide bonds. The number of hydrogen-bond donors (Lipinski definition) is 0. The summed E-state index contributed by atoms with van der Waals surface area (Å²) in [5.74, 6) is 0.389. The van der Waals surface area contributed by atoms with Crippen molar-refractivity contribution in [1.29, 1.82) is 5.26 Å². The Morgan fingerprint density at radius 3 is 2.33 bits per heavy atom. The number of rotatable bonds is 5. The number of benzene rings is 2. The molecule has 0 radical (unpaired) electrons. The highest BCUT2D eigenvalue weighted by atomic mass is 35.5. The SMILES string of the molecule is CN(C)C(=O)/C(C#N)=C\c1ccc(OCc2ccc(Cl)cc2)cc1. The predicted molar refractivity (Wildman–Crippen MR) is 94.5 cm³/mol. The molecule has 0 aliphatic heterocycles. The van der Waals surface area contributed by atoms with Crippen LogP contribution in [-0.4, -0.2) is 24.9 Å². The number of amides is 1. The minimum absolute atomic E-state index is 0.0924. The number of carbonyl (C=O) groups is 1. The van der Waals surface area contributed by atoms with E-state index in [0.717, 1.165) is 11.1 Å². The molecule has 0 spiro atoms. The van der Waals surface area contributed by atoms with Crippen molar-refractivity contribution in [2.75, 3.05) is 14.1 Å². The van der Waals surface area contributed by atoms with Crippen molar-refractivity contribution in [3.8, 4) is 11.8 Å². The van der Waals surface area contributed by atoms with Gasteiger partial charge in [0.05, 0.1) is 0 Å². The summed E-state index contributed by atoms with van der Waals surface area (Å²) in [4.78, 5) is 13.2. The van der Waals surface area contributed by atoms with Crippen molar-refractivity contribution >= 4 is 23.6 Å². The molecule has 5 heteroatoms. The molecule has 2 rings (SSSR count). The first-order valence-electron chi connectivity index (χ1n) is 7.30. The molecule has 0 aliphatic carbocycles. The van der Waals surface area contributed by atoms with Gasteiger partial charge in [0.1, 0.15) is 24.0 Å². The van der Waals surface area contributed by atoms with Crippen molar-refractivity contribution in [2.24, 2.45) is 0 Å². The zero-order valence-corrected chi connectivity index (χ0v) is 14.2. The molecule has 2 aromatic rings. The Labute approximate surface area is 146 Å². The Hall–Kier alpha value is -2.77. The number of nitriles is 1. The predicted octanol–water partition coefficient (Wildman–Crippen LogP) is 3.91. The first-order chi connectivity index (χ1) is 11.5. The van der Waals surface area contributed by atoms with Crippen LogP contribution in [0.3, 0.4) is 0 Å². The molecule has 0 fully saturated rings. The number of likely N-dealkylation sites (N-methyl/N-ethyl adjacent to an activating group) is 1. The topological polar surface area (TPSA) is 53.3 Å². The molecule has 0 heterocycles. The lowest BCUT2D eigenvalue weighted by atomic mass is 10.1. The van der Waals surface area contributed by atoms with Gasteiger partial charge in [-0.05, 0) is 41.5 Å². The molecule has 0 bridgehead atoms. The van der Waals surface area contributed by atoms with Gasteiger partial charge in [0, 0.05) is 19.1 Å². The van der Waals surface area contributed by atoms with Gasteiger partial charge >= 0.3 is 0 Å². The molecular weight excluding hydrogens is 324 g/mol. The summed E-state index contributed by atoms with van der Waals surface area (Å²) in [5, 5.41) is 9.78. The highest BCUT2D eigenvalue weighted by Gasteiger charge is 2.10. The molecule has 0 aromatic heterocycles. The van der Waals surface area contributed by atoms with Gasteiger partial charge in [0.15, 0.2) is 0 Å². The third kappa shape index (κ3) is 4.87. The molecule has 2 aromatic carbocycles. The van der Waals surface area contributed by atoms with Crippen LogP contribution in [0.2, 0.25) is 5.02 Å². The maximum atomic E-state index is 11.8. The standard InChI is InChI=1S/C19H17ClN2O2/c1-22(2)19(23)16(12-21)11-14-5-9-18(10-6-14)24-13-15-3-7-17(20)8-4-15/h3-11H,13H2,1-2H3/b16-11-. The lowest BCUT2D eigenvalue weighted by Gasteiger charge is -2.09. The van der Waals surface area contributed by atoms with Crippen molar-refractivity contribution < 1.29 is 9.53 Å². The second kappa shape index (κ2) is 8.19. The number of nitrogens with zero attached hydrogens (tertiary/aromatic N) is 2. The largest absolute Gasteiger partial charge is 0.489 e. The van der Waals surface area contributed by atoms with Crippen molar-refractivity contribution in [2.45, 2.75) is 6.61 Å². The summed E-state index contributed by atoms with van der Waals surface area (Å²) in [6, 6.07) is 16.6. The molecular formula is C19H17ClN2O2. The van der Waals surface area contributed by atoms with E-state index in [4.69, 9.17) is 21.6 Å². The normalized spacial score (nSPS) is 10.8. The van der Waals surface area contributed by atoms with Crippen LogP contribution >= 0.6 is 11.6 Å². The van der Waals surface area contributed by atoms with E-state index in [0.29, 0.717) is 17.4 Å². The van der Waals surface area contributed by atoms with E-state index < -0.39 is 0 Å². The maximum absolute atomic E-state index is 11.8. The van der Waals surface area contributed by atoms with Crippen molar-refractivity contribution in [3.63, 3.8) is 0 Å². The summed E-state index contributed by atoms with van der Waals surface area (Å²) >= 11 is 5.85. The molecule has 0 aliphatic rings. The van der Waals surface area contributed by atoms with Crippen LogP contribution in [0.15, 0.2) is 54.1 Å². The van der Waals surface area contributed by atoms with Gasteiger partial charge in [0.2, 0.25) is 0 Å². The zero-order valence-electron chi connectivity index (χ0n) is 13.5. The highest BCUT2D eigenvalue weighted by molar-refractivity contribution is 6.30. The third-order valence-electron chi connectivity index (χ3n) is 3.27. The van der Waals surface area contributed by atoms with Crippen LogP contribution in [0.4, 0.5) is 0 Å². The minimum Gasteiger partial charge on any atom is -0.489 e. The fraction of sp³-hybridized carbons (Fsp3) is 0.158. The Kier molecular flexibility index (Phi) is 6.00. The van der Waals surface area contributed by atoms with E-state index in [1.807, 2.05) is 30.3 Å². The third-order valence-corrected chi connectivity index (χ3v) is 3.52. The van der Waals surface area contributed by atoms with Crippen LogP contribution < -0.4 is 4.74 Å². The number of carbonyl (C=O) groups excluding carboxylic acids is 1. The quantitative estimate of drug-likeness (QED) is 0.612. The summed E-state index contributed by atoms with van der Waals surface area (Å²) in [6.07, 6.45) is 1.56. The molecule has 122 valence electrons. The first kappa shape index (κ1) is 17.6. The number of ether oxygens (including phenoxy) is 1. The van der Waals surface area contributed by atoms with E-state index in [9.17, 15) is 4.79 Å². The van der Waals surface area contributed by atoms with Crippen molar-refractivity contribution in [3.05, 3.63) is 70.3 Å². The monoisotopic (exact) mass is 340 g/mol. The number of halogens is 1. The average Bonchev–Trinajstić information content (AvgIpc) is 2.59. The van der Waals surface area contributed by atoms with Gasteiger partial charge in [-0.2, -0.15) is 5.26 Å². The van der Waals surface area contributed by atoms with E-state index in [1.165, 1.54) is 4.90 Å². The second-order valence-electron chi connectivity index (χ2n) is 5.35. The van der Waals surface area contributed by atoms with E-state index >= 15 is 0 Å². The van der Waals surface area contributed by atoms with Crippen LogP contribution in [0.1, 0.15) is 11.1 Å². The Balaban J connectivity index is 2.03. The molecule has 4 nitrogen and oxygen atoms in total. The van der Waals surface area contributed by atoms with E-state index in [-0.39, 0.29) is 11.5 Å². The molecule has 0 atom stereocenters. The molecule has 0 unspecified atom stereocenters. The summed E-state index contributed by atoms with van der Waals surface area (Å²) < 4.78 is 5.70. The molecule has 0 N–H and O–H groups in total. The lowest BCUT2D eigenvalue weighted by molar-refractivity contribution is -0.124. The smallest absolute Gasteiger partial charge is 0.264 e. The first-order valence-corrected chi connectivity index (χ1v) is 7.68. The summed E-state index contributed by atoms with van der Waals surface area (Å²) in [5.41, 5.74) is 1.88. The Morgan fingerprint density at radius 2 is 1.79 bits per heavy atom. The summed E-state index contributed by atoms with van der Waals surface area (Å²) in [6.45, 7) is 0.439. The highest BCUT2D eigenvalue weighted by Crippen LogP contribution is 2.17. The van der Waals surface area contributed by atoms with Crippen LogP contribution in [0.25, 0.3) is 6.08 Å². The fourth-order valence-electron chi connectivity index (χ4n) is 1.96. The number of hydrogen-bond acceptors (Lipinski definition) is 3. The van der Waals surface area contributed by atoms with Gasteiger partial charge in [-0.25, -0.2) is 0 Å². The van der Waals surface area contributed by atoms with Gasteiger partial charge < -0.3 is 9.64 Å². The summed E-state index contributed by atoms with van der Waals surface area (Å²) in [7, 11) is 3.22. The van der Waals surface area contributed by atoms with Gasteiger partial charge in [0.25, 0.3) is 5.91 Å². The Morgan fingerprint density at radius 1 is 1.17 bits per heavy atom. The van der Waals surface area contributed by atoms with Gasteiger partial charge in [-0.3, -0.25) is 4.79 Å². The minimum atomic E-state index is -0.319. The molecule has 0 saturated carbocycles. The van der Waals surface area contributed by atoms with Gasteiger partial charge in [-0.1, -0.05) is 35.9 Å². The lowest BCUT2D eigenvalue weighted by Crippen LogP contribution is -2.22. The fourth-order valence-corrected chi connectivity index (χ4v) is 2.08. The Bertz CT molecular complexity index is 773. The maximum Gasteiger partial charge on any atom is 0.264 e. The van der Waals surface area contributed by atoms with Crippen LogP contribution in [-0.2, 0) is 11.4 Å². The van der Waals surface area contributed by atoms with Gasteiger partial charge in [-0.15, -0.1) is 0 Å². The van der Waals surface area contributed by atoms with E-state index in [2.05, 4.69) is 0 Å². The van der Waals surface area contributed by atoms with Crippen molar-refractivity contribution in [1.82, 2.24) is 4.90 Å². The van der Waals surface area contributed by atoms with E-state index in [1.54, 1.807) is 44.4 Å². The van der Waals surface area contributed by atoms with Crippen LogP contribution in [0.5, 0.6) is 5.75 Å². The molecule has 0 saturated heterocycles.